The number of nitrogens with two attached hydrogens (primary N) is 1. The average Bonchev–Trinajstić information content (AvgIpc) is 3.07. The third-order valence-corrected chi connectivity index (χ3v) is 3.37. The van der Waals surface area contributed by atoms with E-state index < -0.39 is 0 Å². The van der Waals surface area contributed by atoms with Crippen LogP contribution in [-0.2, 0) is 4.74 Å². The van der Waals surface area contributed by atoms with Crippen molar-refractivity contribution in [2.75, 3.05) is 6.61 Å². The molecule has 0 heterocycles. The average molecular weight is 233 g/mol. The summed E-state index contributed by atoms with van der Waals surface area (Å²) in [5, 5.41) is 0. The summed E-state index contributed by atoms with van der Waals surface area (Å²) in [4.78, 5) is 0. The first-order valence-corrected chi connectivity index (χ1v) is 6.60. The summed E-state index contributed by atoms with van der Waals surface area (Å²) in [7, 11) is 0. The molecule has 0 saturated heterocycles. The van der Waals surface area contributed by atoms with Gasteiger partial charge in [0, 0.05) is 12.6 Å². The molecule has 94 valence electrons. The predicted octanol–water partition coefficient (Wildman–Crippen LogP) is 3.20. The minimum absolute atomic E-state index is 0.0358. The van der Waals surface area contributed by atoms with Crippen LogP contribution in [0.5, 0.6) is 0 Å². The smallest absolute Gasteiger partial charge is 0.0973 e. The number of ether oxygens (including phenoxy) is 1. The van der Waals surface area contributed by atoms with Crippen LogP contribution in [0.1, 0.15) is 43.4 Å². The van der Waals surface area contributed by atoms with E-state index in [-0.39, 0.29) is 12.1 Å². The van der Waals surface area contributed by atoms with E-state index in [1.54, 1.807) is 0 Å². The van der Waals surface area contributed by atoms with Crippen LogP contribution in [0.25, 0.3) is 0 Å². The van der Waals surface area contributed by atoms with Crippen LogP contribution in [0.4, 0.5) is 0 Å². The van der Waals surface area contributed by atoms with Gasteiger partial charge in [0.15, 0.2) is 0 Å². The maximum absolute atomic E-state index is 6.03. The van der Waals surface area contributed by atoms with Crippen LogP contribution in [0.2, 0.25) is 0 Å². The van der Waals surface area contributed by atoms with Crippen LogP contribution >= 0.6 is 0 Å². The fourth-order valence-electron chi connectivity index (χ4n) is 2.17. The summed E-state index contributed by atoms with van der Waals surface area (Å²) in [5.74, 6) is 0.918. The van der Waals surface area contributed by atoms with Gasteiger partial charge in [-0.05, 0) is 31.7 Å². The molecule has 1 aromatic carbocycles. The lowest BCUT2D eigenvalue weighted by Crippen LogP contribution is -2.27. The minimum atomic E-state index is 0.0358. The molecule has 2 atom stereocenters. The number of hydrogen-bond acceptors (Lipinski definition) is 2. The van der Waals surface area contributed by atoms with Gasteiger partial charge in [0.2, 0.25) is 0 Å². The molecule has 0 aromatic heterocycles. The Morgan fingerprint density at radius 3 is 2.76 bits per heavy atom. The predicted molar refractivity (Wildman–Crippen MR) is 70.9 cm³/mol. The molecule has 17 heavy (non-hydrogen) atoms. The van der Waals surface area contributed by atoms with E-state index in [1.165, 1.54) is 30.4 Å². The normalized spacial score (nSPS) is 19.0. The molecule has 2 unspecified atom stereocenters. The van der Waals surface area contributed by atoms with Gasteiger partial charge in [-0.2, -0.15) is 0 Å². The molecule has 1 aliphatic carbocycles. The summed E-state index contributed by atoms with van der Waals surface area (Å²) in [5.41, 5.74) is 8.49. The minimum Gasteiger partial charge on any atom is -0.372 e. The second-order valence-electron chi connectivity index (χ2n) is 5.30. The van der Waals surface area contributed by atoms with E-state index >= 15 is 0 Å². The van der Waals surface area contributed by atoms with Crippen molar-refractivity contribution < 1.29 is 4.74 Å². The van der Waals surface area contributed by atoms with Gasteiger partial charge in [0.05, 0.1) is 6.10 Å². The molecule has 2 nitrogen and oxygen atoms in total. The van der Waals surface area contributed by atoms with Crippen molar-refractivity contribution in [3.63, 3.8) is 0 Å². The molecule has 0 amide bonds. The standard InChI is InChI=1S/C15H23NO/c1-11-4-3-5-14(10-11)15(12(2)16)17-9-8-13-6-7-13/h3-5,10,12-13,15H,6-9,16H2,1-2H3. The van der Waals surface area contributed by atoms with Crippen LogP contribution < -0.4 is 5.73 Å². The molecular formula is C15H23NO. The molecule has 1 fully saturated rings. The van der Waals surface area contributed by atoms with Gasteiger partial charge in [-0.3, -0.25) is 0 Å². The summed E-state index contributed by atoms with van der Waals surface area (Å²) >= 11 is 0. The van der Waals surface area contributed by atoms with Crippen LogP contribution in [0.3, 0.4) is 0 Å². The fraction of sp³-hybridized carbons (Fsp3) is 0.600. The van der Waals surface area contributed by atoms with Gasteiger partial charge in [0.1, 0.15) is 0 Å². The lowest BCUT2D eigenvalue weighted by atomic mass is 10.0. The van der Waals surface area contributed by atoms with E-state index in [1.807, 2.05) is 6.92 Å². The topological polar surface area (TPSA) is 35.2 Å². The van der Waals surface area contributed by atoms with E-state index in [0.29, 0.717) is 0 Å². The van der Waals surface area contributed by atoms with Gasteiger partial charge in [-0.15, -0.1) is 0 Å². The molecule has 2 heteroatoms. The Morgan fingerprint density at radius 2 is 2.18 bits per heavy atom. The summed E-state index contributed by atoms with van der Waals surface area (Å²) in [6, 6.07) is 8.50. The Bertz CT molecular complexity index is 358. The molecule has 1 saturated carbocycles. The van der Waals surface area contributed by atoms with E-state index in [0.717, 1.165) is 12.5 Å². The second kappa shape index (κ2) is 5.65. The zero-order valence-electron chi connectivity index (χ0n) is 10.9. The number of aryl methyl sites for hydroxylation is 1. The van der Waals surface area contributed by atoms with Gasteiger partial charge in [-0.1, -0.05) is 42.7 Å². The summed E-state index contributed by atoms with van der Waals surface area (Å²) < 4.78 is 5.97. The number of hydrogen-bond donors (Lipinski definition) is 1. The Balaban J connectivity index is 1.95. The zero-order valence-corrected chi connectivity index (χ0v) is 10.9. The summed E-state index contributed by atoms with van der Waals surface area (Å²) in [6.45, 7) is 4.96. The molecule has 1 aromatic rings. The highest BCUT2D eigenvalue weighted by atomic mass is 16.5. The lowest BCUT2D eigenvalue weighted by molar-refractivity contribution is 0.0346. The molecule has 0 radical (unpaired) electrons. The quantitative estimate of drug-likeness (QED) is 0.819. The van der Waals surface area contributed by atoms with Gasteiger partial charge in [0.25, 0.3) is 0 Å². The van der Waals surface area contributed by atoms with Crippen molar-refractivity contribution in [3.8, 4) is 0 Å². The highest BCUT2D eigenvalue weighted by molar-refractivity contribution is 5.25. The zero-order chi connectivity index (χ0) is 12.3. The Hall–Kier alpha value is -0.860. The van der Waals surface area contributed by atoms with Gasteiger partial charge < -0.3 is 10.5 Å². The number of rotatable bonds is 6. The van der Waals surface area contributed by atoms with E-state index in [2.05, 4.69) is 31.2 Å². The molecule has 2 rings (SSSR count). The summed E-state index contributed by atoms with van der Waals surface area (Å²) in [6.07, 6.45) is 4.00. The first-order valence-electron chi connectivity index (χ1n) is 6.60. The van der Waals surface area contributed by atoms with E-state index in [4.69, 9.17) is 10.5 Å². The molecule has 0 aliphatic heterocycles. The highest BCUT2D eigenvalue weighted by Gasteiger charge is 2.22. The second-order valence-corrected chi connectivity index (χ2v) is 5.30. The molecular weight excluding hydrogens is 210 g/mol. The third-order valence-electron chi connectivity index (χ3n) is 3.37. The molecule has 0 bridgehead atoms. The van der Waals surface area contributed by atoms with Crippen LogP contribution in [0, 0.1) is 12.8 Å². The number of benzene rings is 1. The monoisotopic (exact) mass is 233 g/mol. The van der Waals surface area contributed by atoms with Crippen molar-refractivity contribution in [2.24, 2.45) is 11.7 Å². The molecule has 1 aliphatic rings. The van der Waals surface area contributed by atoms with Gasteiger partial charge >= 0.3 is 0 Å². The Kier molecular flexibility index (Phi) is 4.19. The molecule has 0 spiro atoms. The maximum Gasteiger partial charge on any atom is 0.0973 e. The van der Waals surface area contributed by atoms with E-state index in [9.17, 15) is 0 Å². The SMILES string of the molecule is Cc1cccc(C(OCCC2CC2)C(C)N)c1. The third kappa shape index (κ3) is 3.83. The van der Waals surface area contributed by atoms with Crippen molar-refractivity contribution in [2.45, 2.75) is 45.3 Å². The van der Waals surface area contributed by atoms with Crippen molar-refractivity contribution >= 4 is 0 Å². The van der Waals surface area contributed by atoms with Crippen LogP contribution in [-0.4, -0.2) is 12.6 Å². The maximum atomic E-state index is 6.03. The van der Waals surface area contributed by atoms with Crippen LogP contribution in [0.15, 0.2) is 24.3 Å². The fourth-order valence-corrected chi connectivity index (χ4v) is 2.17. The molecule has 2 N–H and O–H groups in total. The largest absolute Gasteiger partial charge is 0.372 e. The van der Waals surface area contributed by atoms with Gasteiger partial charge in [-0.25, -0.2) is 0 Å². The lowest BCUT2D eigenvalue weighted by Gasteiger charge is -2.22. The Morgan fingerprint density at radius 1 is 1.41 bits per heavy atom. The first kappa shape index (κ1) is 12.6. The first-order chi connectivity index (χ1) is 8.16. The highest BCUT2D eigenvalue weighted by Crippen LogP contribution is 2.33. The van der Waals surface area contributed by atoms with Crippen molar-refractivity contribution in [1.82, 2.24) is 0 Å². The Labute approximate surface area is 104 Å². The van der Waals surface area contributed by atoms with Crippen molar-refractivity contribution in [1.29, 1.82) is 0 Å². The van der Waals surface area contributed by atoms with Crippen molar-refractivity contribution in [3.05, 3.63) is 35.4 Å².